The second-order valence-electron chi connectivity index (χ2n) is 5.78. The summed E-state index contributed by atoms with van der Waals surface area (Å²) in [5.74, 6) is 4.97. The van der Waals surface area contributed by atoms with E-state index in [2.05, 4.69) is 57.8 Å². The number of thioether (sulfide) groups is 2. The molecule has 0 N–H and O–H groups in total. The number of hydrogen-bond acceptors (Lipinski definition) is 4. The van der Waals surface area contributed by atoms with Crippen molar-refractivity contribution in [2.75, 3.05) is 23.0 Å². The summed E-state index contributed by atoms with van der Waals surface area (Å²) in [5.41, 5.74) is 2.43. The largest absolute Gasteiger partial charge is 0.261 e. The molecule has 0 aliphatic heterocycles. The quantitative estimate of drug-likeness (QED) is 0.453. The van der Waals surface area contributed by atoms with Crippen molar-refractivity contribution < 1.29 is 0 Å². The zero-order chi connectivity index (χ0) is 16.7. The van der Waals surface area contributed by atoms with Gasteiger partial charge in [0.25, 0.3) is 0 Å². The molecule has 2 aromatic heterocycles. The molecule has 0 saturated carbocycles. The molecule has 0 radical (unpaired) electrons. The van der Waals surface area contributed by atoms with Crippen molar-refractivity contribution in [3.8, 4) is 0 Å². The number of unbranched alkanes of at least 4 members (excludes halogenated alkanes) is 3. The van der Waals surface area contributed by atoms with Gasteiger partial charge in [0.15, 0.2) is 0 Å². The van der Waals surface area contributed by atoms with Crippen LogP contribution in [0.4, 0.5) is 0 Å². The molecule has 0 aliphatic rings. The molecule has 0 amide bonds. The molecule has 2 rings (SSSR count). The third-order valence-electron chi connectivity index (χ3n) is 3.78. The monoisotopic (exact) mass is 360 g/mol. The van der Waals surface area contributed by atoms with E-state index in [1.54, 1.807) is 0 Å². The highest BCUT2D eigenvalue weighted by Gasteiger charge is 1.96. The van der Waals surface area contributed by atoms with Gasteiger partial charge in [-0.25, -0.2) is 0 Å². The molecule has 24 heavy (non-hydrogen) atoms. The van der Waals surface area contributed by atoms with Gasteiger partial charge in [-0.05, 0) is 73.0 Å². The first kappa shape index (κ1) is 19.3. The maximum atomic E-state index is 4.36. The van der Waals surface area contributed by atoms with Crippen LogP contribution >= 0.6 is 23.5 Å². The molecule has 2 aromatic rings. The van der Waals surface area contributed by atoms with Gasteiger partial charge in [0.05, 0.1) is 0 Å². The van der Waals surface area contributed by atoms with Crippen molar-refractivity contribution in [3.05, 3.63) is 60.2 Å². The van der Waals surface area contributed by atoms with Crippen molar-refractivity contribution in [2.45, 2.75) is 38.5 Å². The van der Waals surface area contributed by atoms with Crippen LogP contribution < -0.4 is 0 Å². The van der Waals surface area contributed by atoms with Crippen LogP contribution in [-0.4, -0.2) is 33.0 Å². The van der Waals surface area contributed by atoms with Gasteiger partial charge in [0.1, 0.15) is 0 Å². The second kappa shape index (κ2) is 13.3. The van der Waals surface area contributed by atoms with Crippen molar-refractivity contribution in [1.29, 1.82) is 0 Å². The maximum absolute atomic E-state index is 4.36. The van der Waals surface area contributed by atoms with Crippen LogP contribution in [0.1, 0.15) is 37.1 Å². The van der Waals surface area contributed by atoms with Crippen LogP contribution in [0.15, 0.2) is 48.8 Å². The Morgan fingerprint density at radius 3 is 1.50 bits per heavy atom. The standard InChI is InChI=1S/C20H28N2S2/c1(7-15-23-17-11-19-9-3-5-13-21-19)2-8-16-24-18-12-20-10-4-6-14-22-20/h3-6,9-10,13-14H,1-2,7-8,11-12,15-18H2. The predicted octanol–water partition coefficient (Wildman–Crippen LogP) is 5.29. The molecule has 130 valence electrons. The van der Waals surface area contributed by atoms with Gasteiger partial charge >= 0.3 is 0 Å². The first-order chi connectivity index (χ1) is 11.9. The molecule has 0 saturated heterocycles. The molecule has 0 atom stereocenters. The topological polar surface area (TPSA) is 25.8 Å². The minimum atomic E-state index is 1.10. The molecule has 0 fully saturated rings. The highest BCUT2D eigenvalue weighted by molar-refractivity contribution is 7.99. The number of aryl methyl sites for hydroxylation is 2. The molecular formula is C20H28N2S2. The van der Waals surface area contributed by atoms with Crippen LogP contribution in [-0.2, 0) is 12.8 Å². The molecule has 2 heterocycles. The van der Waals surface area contributed by atoms with Gasteiger partial charge in [-0.15, -0.1) is 0 Å². The molecule has 2 nitrogen and oxygen atoms in total. The van der Waals surface area contributed by atoms with E-state index in [1.807, 2.05) is 24.5 Å². The smallest absolute Gasteiger partial charge is 0.0411 e. The van der Waals surface area contributed by atoms with Crippen LogP contribution in [0.3, 0.4) is 0 Å². The van der Waals surface area contributed by atoms with Gasteiger partial charge in [0, 0.05) is 23.8 Å². The van der Waals surface area contributed by atoms with E-state index in [1.165, 1.54) is 60.1 Å². The third kappa shape index (κ3) is 9.33. The van der Waals surface area contributed by atoms with Gasteiger partial charge < -0.3 is 0 Å². The Kier molecular flexibility index (Phi) is 10.7. The summed E-state index contributed by atoms with van der Waals surface area (Å²) in [5, 5.41) is 0. The number of pyridine rings is 2. The first-order valence-electron chi connectivity index (χ1n) is 8.90. The number of nitrogens with zero attached hydrogens (tertiary/aromatic N) is 2. The van der Waals surface area contributed by atoms with E-state index in [9.17, 15) is 0 Å². The lowest BCUT2D eigenvalue weighted by molar-refractivity contribution is 0.711. The fourth-order valence-corrected chi connectivity index (χ4v) is 4.34. The minimum Gasteiger partial charge on any atom is -0.261 e. The van der Waals surface area contributed by atoms with Crippen LogP contribution in [0.25, 0.3) is 0 Å². The molecule has 0 unspecified atom stereocenters. The normalized spacial score (nSPS) is 10.8. The van der Waals surface area contributed by atoms with Crippen molar-refractivity contribution in [3.63, 3.8) is 0 Å². The third-order valence-corrected chi connectivity index (χ3v) is 5.93. The molecular weight excluding hydrogens is 332 g/mol. The first-order valence-corrected chi connectivity index (χ1v) is 11.2. The average Bonchev–Trinajstić information content (AvgIpc) is 2.64. The molecule has 0 aliphatic carbocycles. The summed E-state index contributed by atoms with van der Waals surface area (Å²) in [7, 11) is 0. The van der Waals surface area contributed by atoms with Gasteiger partial charge in [-0.1, -0.05) is 25.0 Å². The number of hydrogen-bond donors (Lipinski definition) is 0. The van der Waals surface area contributed by atoms with Crippen molar-refractivity contribution in [1.82, 2.24) is 9.97 Å². The second-order valence-corrected chi connectivity index (χ2v) is 8.23. The van der Waals surface area contributed by atoms with E-state index < -0.39 is 0 Å². The summed E-state index contributed by atoms with van der Waals surface area (Å²) < 4.78 is 0. The van der Waals surface area contributed by atoms with Gasteiger partial charge in [0.2, 0.25) is 0 Å². The van der Waals surface area contributed by atoms with E-state index in [0.29, 0.717) is 0 Å². The van der Waals surface area contributed by atoms with Crippen molar-refractivity contribution >= 4 is 23.5 Å². The minimum absolute atomic E-state index is 1.10. The van der Waals surface area contributed by atoms with Crippen LogP contribution in [0.2, 0.25) is 0 Å². The summed E-state index contributed by atoms with van der Waals surface area (Å²) in [6, 6.07) is 12.3. The fraction of sp³-hybridized carbons (Fsp3) is 0.500. The maximum Gasteiger partial charge on any atom is 0.0411 e. The lowest BCUT2D eigenvalue weighted by atomic mass is 10.2. The van der Waals surface area contributed by atoms with Crippen LogP contribution in [0.5, 0.6) is 0 Å². The average molecular weight is 361 g/mol. The lowest BCUT2D eigenvalue weighted by Crippen LogP contribution is -1.94. The number of rotatable bonds is 13. The Morgan fingerprint density at radius 1 is 0.583 bits per heavy atom. The summed E-state index contributed by atoms with van der Waals surface area (Å²) in [6.07, 6.45) is 11.4. The van der Waals surface area contributed by atoms with E-state index in [4.69, 9.17) is 0 Å². The van der Waals surface area contributed by atoms with E-state index in [-0.39, 0.29) is 0 Å². The lowest BCUT2D eigenvalue weighted by Gasteiger charge is -2.03. The zero-order valence-electron chi connectivity index (χ0n) is 14.4. The summed E-state index contributed by atoms with van der Waals surface area (Å²) >= 11 is 4.13. The SMILES string of the molecule is c1ccc(CCSCCCCCCSCCc2ccccn2)nc1. The predicted molar refractivity (Wildman–Crippen MR) is 109 cm³/mol. The Hall–Kier alpha value is -1.00. The zero-order valence-corrected chi connectivity index (χ0v) is 16.0. The number of aromatic nitrogens is 2. The molecule has 0 spiro atoms. The van der Waals surface area contributed by atoms with Gasteiger partial charge in [-0.2, -0.15) is 23.5 Å². The Balaban J connectivity index is 1.32. The summed E-state index contributed by atoms with van der Waals surface area (Å²) in [4.78, 5) is 8.72. The molecule has 0 bridgehead atoms. The van der Waals surface area contributed by atoms with E-state index in [0.717, 1.165) is 12.8 Å². The highest BCUT2D eigenvalue weighted by Crippen LogP contribution is 2.12. The Labute approximate surface area is 155 Å². The summed E-state index contributed by atoms with van der Waals surface area (Å²) in [6.45, 7) is 0. The van der Waals surface area contributed by atoms with Gasteiger partial charge in [-0.3, -0.25) is 9.97 Å². The fourth-order valence-electron chi connectivity index (χ4n) is 2.41. The Morgan fingerprint density at radius 2 is 1.08 bits per heavy atom. The Bertz CT molecular complexity index is 470. The molecule has 0 aromatic carbocycles. The van der Waals surface area contributed by atoms with Crippen LogP contribution in [0, 0.1) is 0 Å². The molecule has 4 heteroatoms. The highest BCUT2D eigenvalue weighted by atomic mass is 32.2. The van der Waals surface area contributed by atoms with Crippen molar-refractivity contribution in [2.24, 2.45) is 0 Å². The van der Waals surface area contributed by atoms with E-state index >= 15 is 0 Å².